The van der Waals surface area contributed by atoms with E-state index in [4.69, 9.17) is 0 Å². The minimum Gasteiger partial charge on any atom is -0.341 e. The highest BCUT2D eigenvalue weighted by atomic mass is 15.2. The molecule has 0 spiro atoms. The van der Waals surface area contributed by atoms with E-state index < -0.39 is 0 Å². The van der Waals surface area contributed by atoms with E-state index in [1.54, 1.807) is 0 Å². The van der Waals surface area contributed by atoms with Crippen LogP contribution >= 0.6 is 0 Å². The number of para-hydroxylation sites is 2. The van der Waals surface area contributed by atoms with Gasteiger partial charge >= 0.3 is 0 Å². The first-order chi connectivity index (χ1) is 20.4. The van der Waals surface area contributed by atoms with Gasteiger partial charge in [0.05, 0.1) is 5.69 Å². The monoisotopic (exact) mass is 532 g/mol. The van der Waals surface area contributed by atoms with E-state index in [9.17, 15) is 0 Å². The summed E-state index contributed by atoms with van der Waals surface area (Å²) in [5, 5.41) is 7.99. The average Bonchev–Trinajstić information content (AvgIpc) is 3.06. The maximum Gasteiger partial charge on any atom is 0.0537 e. The van der Waals surface area contributed by atoms with Crippen LogP contribution in [0.4, 0.5) is 22.7 Å². The number of rotatable bonds is 4. The number of hydrogen-bond donors (Lipinski definition) is 0. The highest BCUT2D eigenvalue weighted by Crippen LogP contribution is 2.46. The molecule has 0 aromatic heterocycles. The van der Waals surface area contributed by atoms with Gasteiger partial charge in [0, 0.05) is 40.1 Å². The van der Waals surface area contributed by atoms with Crippen molar-refractivity contribution in [2.45, 2.75) is 39.5 Å². The Morgan fingerprint density at radius 3 is 2.15 bits per heavy atom. The van der Waals surface area contributed by atoms with Crippen molar-refractivity contribution in [1.29, 1.82) is 0 Å². The highest BCUT2D eigenvalue weighted by molar-refractivity contribution is 6.27. The number of fused-ring (bicyclic) bond motifs is 1. The molecule has 202 valence electrons. The minimum absolute atomic E-state index is 1.03. The summed E-state index contributed by atoms with van der Waals surface area (Å²) < 4.78 is 0. The fourth-order valence-electron chi connectivity index (χ4n) is 6.80. The van der Waals surface area contributed by atoms with Crippen LogP contribution in [-0.2, 0) is 6.42 Å². The minimum atomic E-state index is 1.03. The fourth-order valence-corrected chi connectivity index (χ4v) is 6.80. The quantitative estimate of drug-likeness (QED) is 0.208. The van der Waals surface area contributed by atoms with Gasteiger partial charge < -0.3 is 9.80 Å². The van der Waals surface area contributed by atoms with Crippen molar-refractivity contribution >= 4 is 55.1 Å². The smallest absolute Gasteiger partial charge is 0.0537 e. The van der Waals surface area contributed by atoms with Crippen molar-refractivity contribution in [2.24, 2.45) is 0 Å². The summed E-state index contributed by atoms with van der Waals surface area (Å²) in [6.07, 6.45) is 11.2. The molecule has 0 unspecified atom stereocenters. The van der Waals surface area contributed by atoms with E-state index in [1.165, 1.54) is 72.7 Å². The molecule has 0 atom stereocenters. The Labute approximate surface area is 243 Å². The molecular weight excluding hydrogens is 496 g/mol. The number of anilines is 4. The van der Waals surface area contributed by atoms with Gasteiger partial charge in [0.1, 0.15) is 0 Å². The summed E-state index contributed by atoms with van der Waals surface area (Å²) >= 11 is 0. The Morgan fingerprint density at radius 1 is 0.634 bits per heavy atom. The second-order valence-electron chi connectivity index (χ2n) is 10.8. The third kappa shape index (κ3) is 4.26. The van der Waals surface area contributed by atoms with Gasteiger partial charge in [-0.05, 0) is 89.2 Å². The predicted octanol–water partition coefficient (Wildman–Crippen LogP) is 11.1. The number of allylic oxidation sites excluding steroid dienone is 4. The third-order valence-corrected chi connectivity index (χ3v) is 8.55. The summed E-state index contributed by atoms with van der Waals surface area (Å²) in [6, 6.07) is 38.4. The van der Waals surface area contributed by atoms with Crippen LogP contribution in [-0.4, -0.2) is 6.54 Å². The van der Waals surface area contributed by atoms with Crippen molar-refractivity contribution in [3.05, 3.63) is 133 Å². The maximum atomic E-state index is 2.54. The first-order valence-corrected chi connectivity index (χ1v) is 15.1. The number of hydrogen-bond acceptors (Lipinski definition) is 2. The Balaban J connectivity index is 0.00000135. The summed E-state index contributed by atoms with van der Waals surface area (Å²) in [7, 11) is 0. The van der Waals surface area contributed by atoms with Crippen LogP contribution in [0.3, 0.4) is 0 Å². The molecule has 0 radical (unpaired) electrons. The van der Waals surface area contributed by atoms with Gasteiger partial charge in [0.25, 0.3) is 0 Å². The van der Waals surface area contributed by atoms with Gasteiger partial charge in [-0.15, -0.1) is 0 Å². The van der Waals surface area contributed by atoms with Crippen molar-refractivity contribution in [2.75, 3.05) is 16.3 Å². The molecule has 0 amide bonds. The van der Waals surface area contributed by atoms with Gasteiger partial charge in [-0.2, -0.15) is 0 Å². The van der Waals surface area contributed by atoms with Gasteiger partial charge in [-0.3, -0.25) is 0 Å². The van der Waals surface area contributed by atoms with Crippen molar-refractivity contribution in [3.8, 4) is 0 Å². The van der Waals surface area contributed by atoms with Crippen molar-refractivity contribution < 1.29 is 0 Å². The standard InChI is InChI=1S/C37H30N2.C2H6/c1-3-12-29(13-4-1)39(30-14-5-2-6-15-30)35-24-20-28-17-21-31-34(23-19-27-18-22-32(35)37(28)36(27)31)38-25-9-11-26-10-7-8-16-33(26)38;1-2/h1-5,7-8,10,12-14,16-24H,6,9,11,15,25H2;1-2H3. The molecule has 2 nitrogen and oxygen atoms in total. The van der Waals surface area contributed by atoms with Crippen LogP contribution in [0.2, 0.25) is 0 Å². The summed E-state index contributed by atoms with van der Waals surface area (Å²) in [6.45, 7) is 5.05. The van der Waals surface area contributed by atoms with Gasteiger partial charge in [-0.25, -0.2) is 0 Å². The SMILES string of the molecule is C1=CCCC(N(c2ccccc2)c2ccc3ccc4c(N5CCCc6ccccc65)ccc5ccc2c3c54)=C1.CC. The summed E-state index contributed by atoms with van der Waals surface area (Å²) in [5.41, 5.74) is 7.91. The second-order valence-corrected chi connectivity index (χ2v) is 10.8. The molecule has 1 aliphatic carbocycles. The molecule has 0 N–H and O–H groups in total. The number of aryl methyl sites for hydroxylation is 1. The lowest BCUT2D eigenvalue weighted by molar-refractivity contribution is 0.768. The lowest BCUT2D eigenvalue weighted by atomic mass is 9.91. The predicted molar refractivity (Wildman–Crippen MR) is 178 cm³/mol. The zero-order valence-electron chi connectivity index (χ0n) is 24.0. The molecular formula is C39H36N2. The largest absolute Gasteiger partial charge is 0.341 e. The Hall–Kier alpha value is -4.56. The van der Waals surface area contributed by atoms with Crippen molar-refractivity contribution in [3.63, 3.8) is 0 Å². The number of nitrogens with zero attached hydrogens (tertiary/aromatic N) is 2. The first-order valence-electron chi connectivity index (χ1n) is 15.1. The lowest BCUT2D eigenvalue weighted by Gasteiger charge is -2.33. The molecule has 1 heterocycles. The Morgan fingerprint density at radius 2 is 1.34 bits per heavy atom. The van der Waals surface area contributed by atoms with E-state index in [0.29, 0.717) is 0 Å². The number of benzene rings is 6. The Kier molecular flexibility index (Phi) is 6.68. The molecule has 1 aliphatic heterocycles. The van der Waals surface area contributed by atoms with Gasteiger partial charge in [0.2, 0.25) is 0 Å². The fraction of sp³-hybridized carbons (Fsp3) is 0.179. The van der Waals surface area contributed by atoms with E-state index in [2.05, 4.69) is 131 Å². The summed E-state index contributed by atoms with van der Waals surface area (Å²) in [5.74, 6) is 0. The van der Waals surface area contributed by atoms with Gasteiger partial charge in [0.15, 0.2) is 0 Å². The molecule has 8 rings (SSSR count). The molecule has 6 aromatic rings. The van der Waals surface area contributed by atoms with Crippen LogP contribution < -0.4 is 9.80 Å². The zero-order chi connectivity index (χ0) is 27.8. The van der Waals surface area contributed by atoms with Gasteiger partial charge in [-0.1, -0.05) is 98.8 Å². The Bertz CT molecular complexity index is 1900. The van der Waals surface area contributed by atoms with Crippen molar-refractivity contribution in [1.82, 2.24) is 0 Å². The van der Waals surface area contributed by atoms with E-state index in [1.807, 2.05) is 13.8 Å². The first kappa shape index (κ1) is 25.4. The maximum absolute atomic E-state index is 2.54. The van der Waals surface area contributed by atoms with Crippen LogP contribution in [0.5, 0.6) is 0 Å². The molecule has 2 heteroatoms. The molecule has 0 bridgehead atoms. The average molecular weight is 533 g/mol. The normalized spacial score (nSPS) is 14.6. The molecule has 2 aliphatic rings. The van der Waals surface area contributed by atoms with Crippen LogP contribution in [0, 0.1) is 0 Å². The molecule has 0 saturated carbocycles. The molecule has 41 heavy (non-hydrogen) atoms. The third-order valence-electron chi connectivity index (χ3n) is 8.55. The lowest BCUT2D eigenvalue weighted by Crippen LogP contribution is -2.24. The molecule has 0 saturated heterocycles. The van der Waals surface area contributed by atoms with E-state index in [-0.39, 0.29) is 0 Å². The van der Waals surface area contributed by atoms with Crippen LogP contribution in [0.25, 0.3) is 32.3 Å². The summed E-state index contributed by atoms with van der Waals surface area (Å²) in [4.78, 5) is 5.01. The molecule has 6 aromatic carbocycles. The van der Waals surface area contributed by atoms with E-state index >= 15 is 0 Å². The molecule has 0 fully saturated rings. The van der Waals surface area contributed by atoms with Crippen LogP contribution in [0.15, 0.2) is 127 Å². The highest BCUT2D eigenvalue weighted by Gasteiger charge is 2.23. The van der Waals surface area contributed by atoms with E-state index in [0.717, 1.165) is 25.8 Å². The second kappa shape index (κ2) is 10.8. The topological polar surface area (TPSA) is 6.48 Å². The van der Waals surface area contributed by atoms with Crippen LogP contribution in [0.1, 0.15) is 38.7 Å². The zero-order valence-corrected chi connectivity index (χ0v) is 24.0.